The number of halogens is 1. The average Bonchev–Trinajstić information content (AvgIpc) is 2.92. The van der Waals surface area contributed by atoms with Crippen LogP contribution in [0.5, 0.6) is 0 Å². The summed E-state index contributed by atoms with van der Waals surface area (Å²) in [7, 11) is 0. The first-order valence-corrected chi connectivity index (χ1v) is 7.53. The molecule has 22 heavy (non-hydrogen) atoms. The second-order valence-electron chi connectivity index (χ2n) is 4.48. The number of carbonyl (C=O) groups is 1. The molecule has 0 fully saturated rings. The van der Waals surface area contributed by atoms with E-state index in [0.717, 1.165) is 12.8 Å². The van der Waals surface area contributed by atoms with Crippen molar-refractivity contribution in [2.75, 3.05) is 5.32 Å². The summed E-state index contributed by atoms with van der Waals surface area (Å²) in [5.74, 6) is -0.120. The lowest BCUT2D eigenvalue weighted by Gasteiger charge is -2.06. The van der Waals surface area contributed by atoms with Gasteiger partial charge in [0.05, 0.1) is 6.54 Å². The SMILES string of the molecule is CCCCn1nnc(NC(=S)NC(=O)c2cccc(Cl)c2)n1. The third-order valence-corrected chi connectivity index (χ3v) is 3.14. The highest BCUT2D eigenvalue weighted by molar-refractivity contribution is 7.80. The van der Waals surface area contributed by atoms with Crippen LogP contribution in [-0.2, 0) is 6.54 Å². The molecular weight excluding hydrogens is 324 g/mol. The van der Waals surface area contributed by atoms with Crippen LogP contribution in [0.1, 0.15) is 30.1 Å². The molecule has 1 aromatic carbocycles. The molecule has 116 valence electrons. The number of rotatable bonds is 5. The zero-order valence-corrected chi connectivity index (χ0v) is 13.5. The molecule has 0 atom stereocenters. The minimum absolute atomic E-state index is 0.0972. The number of carbonyl (C=O) groups excluding carboxylic acids is 1. The first kappa shape index (κ1) is 16.3. The van der Waals surface area contributed by atoms with Crippen molar-refractivity contribution < 1.29 is 4.79 Å². The van der Waals surface area contributed by atoms with Crippen LogP contribution in [0.25, 0.3) is 0 Å². The summed E-state index contributed by atoms with van der Waals surface area (Å²) in [6.07, 6.45) is 2.00. The fraction of sp³-hybridized carbons (Fsp3) is 0.308. The minimum Gasteiger partial charge on any atom is -0.299 e. The molecule has 2 N–H and O–H groups in total. The molecule has 2 aromatic rings. The Balaban J connectivity index is 1.89. The van der Waals surface area contributed by atoms with E-state index in [1.807, 2.05) is 0 Å². The second kappa shape index (κ2) is 7.81. The van der Waals surface area contributed by atoms with Crippen molar-refractivity contribution in [3.8, 4) is 0 Å². The number of unbranched alkanes of at least 4 members (excludes halogenated alkanes) is 1. The van der Waals surface area contributed by atoms with E-state index in [1.54, 1.807) is 24.3 Å². The minimum atomic E-state index is -0.363. The van der Waals surface area contributed by atoms with E-state index in [9.17, 15) is 4.79 Å². The number of tetrazole rings is 1. The molecule has 0 radical (unpaired) electrons. The van der Waals surface area contributed by atoms with Gasteiger partial charge in [-0.15, -0.1) is 5.10 Å². The summed E-state index contributed by atoms with van der Waals surface area (Å²) >= 11 is 10.9. The molecule has 7 nitrogen and oxygen atoms in total. The molecule has 0 unspecified atom stereocenters. The van der Waals surface area contributed by atoms with Crippen LogP contribution in [0.4, 0.5) is 5.95 Å². The van der Waals surface area contributed by atoms with Crippen LogP contribution in [0.3, 0.4) is 0 Å². The van der Waals surface area contributed by atoms with Crippen LogP contribution in [0.2, 0.25) is 5.02 Å². The largest absolute Gasteiger partial charge is 0.299 e. The number of nitrogens with zero attached hydrogens (tertiary/aromatic N) is 4. The Bertz CT molecular complexity index is 674. The van der Waals surface area contributed by atoms with Gasteiger partial charge in [-0.25, -0.2) is 0 Å². The molecule has 0 aliphatic heterocycles. The van der Waals surface area contributed by atoms with Gasteiger partial charge >= 0.3 is 0 Å². The van der Waals surface area contributed by atoms with Crippen molar-refractivity contribution in [1.29, 1.82) is 0 Å². The average molecular weight is 339 g/mol. The van der Waals surface area contributed by atoms with Crippen LogP contribution in [0.15, 0.2) is 24.3 Å². The molecule has 1 amide bonds. The number of nitrogens with one attached hydrogen (secondary N) is 2. The third-order valence-electron chi connectivity index (χ3n) is 2.70. The molecule has 2 rings (SSSR count). The van der Waals surface area contributed by atoms with Gasteiger partial charge in [0.25, 0.3) is 11.9 Å². The van der Waals surface area contributed by atoms with Gasteiger partial charge in [-0.05, 0) is 42.1 Å². The van der Waals surface area contributed by atoms with Crippen LogP contribution in [0, 0.1) is 0 Å². The molecule has 1 heterocycles. The first-order valence-electron chi connectivity index (χ1n) is 6.74. The molecule has 0 aliphatic rings. The van der Waals surface area contributed by atoms with E-state index in [4.69, 9.17) is 23.8 Å². The van der Waals surface area contributed by atoms with Gasteiger partial charge in [-0.2, -0.15) is 4.80 Å². The van der Waals surface area contributed by atoms with Crippen LogP contribution < -0.4 is 10.6 Å². The van der Waals surface area contributed by atoms with Gasteiger partial charge in [-0.1, -0.05) is 36.1 Å². The summed E-state index contributed by atoms with van der Waals surface area (Å²) in [4.78, 5) is 13.5. The standard InChI is InChI=1S/C13H15ClN6OS/c1-2-3-7-20-18-12(17-19-20)16-13(22)15-11(21)9-5-4-6-10(14)8-9/h4-6,8H,2-3,7H2,1H3,(H2,15,16,18,21,22). The maximum absolute atomic E-state index is 12.0. The maximum atomic E-state index is 12.0. The predicted octanol–water partition coefficient (Wildman–Crippen LogP) is 2.25. The Morgan fingerprint density at radius 3 is 3.00 bits per heavy atom. The number of aryl methyl sites for hydroxylation is 1. The quantitative estimate of drug-likeness (QED) is 0.813. The lowest BCUT2D eigenvalue weighted by molar-refractivity contribution is 0.0977. The van der Waals surface area contributed by atoms with Crippen molar-refractivity contribution in [2.45, 2.75) is 26.3 Å². The fourth-order valence-corrected chi connectivity index (χ4v) is 2.00. The normalized spacial score (nSPS) is 10.3. The Morgan fingerprint density at radius 2 is 2.27 bits per heavy atom. The summed E-state index contributed by atoms with van der Waals surface area (Å²) in [6.45, 7) is 2.77. The number of thiocarbonyl (C=S) groups is 1. The van der Waals surface area contributed by atoms with Crippen LogP contribution >= 0.6 is 23.8 Å². The summed E-state index contributed by atoms with van der Waals surface area (Å²) in [5.41, 5.74) is 0.413. The topological polar surface area (TPSA) is 84.7 Å². The highest BCUT2D eigenvalue weighted by Crippen LogP contribution is 2.10. The molecule has 0 aliphatic carbocycles. The Morgan fingerprint density at radius 1 is 1.45 bits per heavy atom. The van der Waals surface area contributed by atoms with E-state index < -0.39 is 0 Å². The number of hydrogen-bond donors (Lipinski definition) is 2. The van der Waals surface area contributed by atoms with Gasteiger partial charge in [0.2, 0.25) is 0 Å². The van der Waals surface area contributed by atoms with Gasteiger partial charge in [-0.3, -0.25) is 15.4 Å². The van der Waals surface area contributed by atoms with E-state index in [1.165, 1.54) is 4.80 Å². The van der Waals surface area contributed by atoms with Gasteiger partial charge in [0, 0.05) is 10.6 Å². The Kier molecular flexibility index (Phi) is 5.79. The van der Waals surface area contributed by atoms with E-state index in [0.29, 0.717) is 17.1 Å². The lowest BCUT2D eigenvalue weighted by Crippen LogP contribution is -2.34. The summed E-state index contributed by atoms with van der Waals surface area (Å²) in [5, 5.41) is 17.6. The van der Waals surface area contributed by atoms with E-state index in [-0.39, 0.29) is 17.0 Å². The summed E-state index contributed by atoms with van der Waals surface area (Å²) < 4.78 is 0. The van der Waals surface area contributed by atoms with E-state index in [2.05, 4.69) is 33.0 Å². The highest BCUT2D eigenvalue weighted by atomic mass is 35.5. The molecule has 1 aromatic heterocycles. The van der Waals surface area contributed by atoms with Gasteiger partial charge in [0.15, 0.2) is 5.11 Å². The first-order chi connectivity index (χ1) is 10.6. The van der Waals surface area contributed by atoms with Crippen LogP contribution in [-0.4, -0.2) is 31.2 Å². The molecule has 0 saturated heterocycles. The smallest absolute Gasteiger partial charge is 0.269 e. The Labute approximate surface area is 138 Å². The maximum Gasteiger partial charge on any atom is 0.269 e. The predicted molar refractivity (Wildman–Crippen MR) is 87.9 cm³/mol. The Hall–Kier alpha value is -2.06. The zero-order chi connectivity index (χ0) is 15.9. The lowest BCUT2D eigenvalue weighted by atomic mass is 10.2. The molecule has 9 heteroatoms. The van der Waals surface area contributed by atoms with Gasteiger partial charge in [0.1, 0.15) is 0 Å². The van der Waals surface area contributed by atoms with Crippen molar-refractivity contribution >= 4 is 40.8 Å². The number of benzene rings is 1. The van der Waals surface area contributed by atoms with Crippen molar-refractivity contribution in [1.82, 2.24) is 25.5 Å². The zero-order valence-electron chi connectivity index (χ0n) is 11.9. The molecular formula is C13H15ClN6OS. The van der Waals surface area contributed by atoms with Crippen molar-refractivity contribution in [2.24, 2.45) is 0 Å². The number of aromatic nitrogens is 4. The fourth-order valence-electron chi connectivity index (χ4n) is 1.63. The third kappa shape index (κ3) is 4.74. The van der Waals surface area contributed by atoms with E-state index >= 15 is 0 Å². The molecule has 0 bridgehead atoms. The second-order valence-corrected chi connectivity index (χ2v) is 5.33. The number of anilines is 1. The highest BCUT2D eigenvalue weighted by Gasteiger charge is 2.10. The number of amides is 1. The van der Waals surface area contributed by atoms with Crippen molar-refractivity contribution in [3.05, 3.63) is 34.9 Å². The number of hydrogen-bond acceptors (Lipinski definition) is 5. The molecule has 0 saturated carbocycles. The van der Waals surface area contributed by atoms with Crippen molar-refractivity contribution in [3.63, 3.8) is 0 Å². The summed E-state index contributed by atoms with van der Waals surface area (Å²) in [6, 6.07) is 6.57. The molecule has 0 spiro atoms. The monoisotopic (exact) mass is 338 g/mol. The van der Waals surface area contributed by atoms with Gasteiger partial charge < -0.3 is 0 Å².